The molecule has 2 heterocycles. The molecule has 0 atom stereocenters. The van der Waals surface area contributed by atoms with Crippen LogP contribution in [-0.2, 0) is 9.53 Å². The van der Waals surface area contributed by atoms with Crippen LogP contribution in [0.1, 0.15) is 72.6 Å². The van der Waals surface area contributed by atoms with E-state index in [1.807, 2.05) is 0 Å². The summed E-state index contributed by atoms with van der Waals surface area (Å²) in [5, 5.41) is 2.83. The van der Waals surface area contributed by atoms with E-state index in [0.29, 0.717) is 49.4 Å². The first-order valence-electron chi connectivity index (χ1n) is 11.2. The number of urea groups is 1. The molecule has 31 heavy (non-hydrogen) atoms. The van der Waals surface area contributed by atoms with Crippen molar-refractivity contribution in [1.82, 2.24) is 9.80 Å². The molecule has 2 fully saturated rings. The van der Waals surface area contributed by atoms with Crippen molar-refractivity contribution >= 4 is 29.5 Å². The molecule has 0 radical (unpaired) electrons. The Morgan fingerprint density at radius 1 is 1.00 bits per heavy atom. The van der Waals surface area contributed by atoms with Crippen molar-refractivity contribution in [2.75, 3.05) is 25.0 Å². The van der Waals surface area contributed by atoms with Gasteiger partial charge in [-0.25, -0.2) is 4.79 Å². The van der Waals surface area contributed by atoms with Crippen LogP contribution in [-0.4, -0.2) is 59.4 Å². The van der Waals surface area contributed by atoms with Crippen LogP contribution >= 0.6 is 0 Å². The lowest BCUT2D eigenvalue weighted by molar-refractivity contribution is -0.149. The number of carbonyl (C=O) groups is 4. The highest BCUT2D eigenvalue weighted by Crippen LogP contribution is 2.32. The third-order valence-corrected chi connectivity index (χ3v) is 6.51. The summed E-state index contributed by atoms with van der Waals surface area (Å²) in [6, 6.07) is 4.59. The first-order chi connectivity index (χ1) is 15.0. The van der Waals surface area contributed by atoms with Crippen molar-refractivity contribution in [3.8, 4) is 0 Å². The largest absolute Gasteiger partial charge is 0.466 e. The second-order valence-corrected chi connectivity index (χ2v) is 8.48. The van der Waals surface area contributed by atoms with Gasteiger partial charge in [-0.15, -0.1) is 0 Å². The van der Waals surface area contributed by atoms with Crippen molar-refractivity contribution in [1.29, 1.82) is 0 Å². The number of benzene rings is 1. The van der Waals surface area contributed by atoms with Gasteiger partial charge in [0.2, 0.25) is 0 Å². The zero-order valence-corrected chi connectivity index (χ0v) is 17.9. The van der Waals surface area contributed by atoms with Gasteiger partial charge < -0.3 is 15.0 Å². The molecule has 1 aromatic rings. The minimum Gasteiger partial charge on any atom is -0.466 e. The van der Waals surface area contributed by atoms with Crippen molar-refractivity contribution < 1.29 is 23.9 Å². The molecule has 2 aliphatic heterocycles. The molecular formula is C23H29N3O5. The van der Waals surface area contributed by atoms with Gasteiger partial charge in [0.25, 0.3) is 11.8 Å². The predicted octanol–water partition coefficient (Wildman–Crippen LogP) is 3.42. The molecule has 4 rings (SSSR count). The van der Waals surface area contributed by atoms with Crippen LogP contribution in [0, 0.1) is 5.92 Å². The van der Waals surface area contributed by atoms with E-state index >= 15 is 0 Å². The monoisotopic (exact) mass is 427 g/mol. The average Bonchev–Trinajstić information content (AvgIpc) is 3.04. The molecular weight excluding hydrogens is 398 g/mol. The van der Waals surface area contributed by atoms with E-state index in [9.17, 15) is 19.2 Å². The quantitative estimate of drug-likeness (QED) is 0.587. The fraction of sp³-hybridized carbons (Fsp3) is 0.565. The van der Waals surface area contributed by atoms with Gasteiger partial charge in [0, 0.05) is 24.8 Å². The maximum absolute atomic E-state index is 12.9. The topological polar surface area (TPSA) is 96.0 Å². The standard InChI is InChI=1S/C23H29N3O5/c1-2-31-22(29)15-10-12-25(13-11-15)23(30)24-16-8-9-18-19(14-16)21(28)26(20(18)27)17-6-4-3-5-7-17/h8-9,14-15,17H,2-7,10-13H2,1H3,(H,24,30). The normalized spacial score (nSPS) is 20.0. The van der Waals surface area contributed by atoms with E-state index in [1.54, 1.807) is 30.0 Å². The Balaban J connectivity index is 1.39. The molecule has 166 valence electrons. The van der Waals surface area contributed by atoms with Crippen LogP contribution in [0.4, 0.5) is 10.5 Å². The number of piperidine rings is 1. The second kappa shape index (κ2) is 9.08. The predicted molar refractivity (Wildman–Crippen MR) is 114 cm³/mol. The number of anilines is 1. The number of hydrogen-bond acceptors (Lipinski definition) is 5. The van der Waals surface area contributed by atoms with Crippen molar-refractivity contribution in [3.05, 3.63) is 29.3 Å². The first kappa shape index (κ1) is 21.3. The van der Waals surface area contributed by atoms with Crippen LogP contribution in [0.15, 0.2) is 18.2 Å². The third kappa shape index (κ3) is 4.29. The van der Waals surface area contributed by atoms with E-state index in [2.05, 4.69) is 5.32 Å². The summed E-state index contributed by atoms with van der Waals surface area (Å²) in [7, 11) is 0. The van der Waals surface area contributed by atoms with Crippen molar-refractivity contribution in [3.63, 3.8) is 0 Å². The van der Waals surface area contributed by atoms with E-state index in [0.717, 1.165) is 32.1 Å². The zero-order chi connectivity index (χ0) is 22.0. The molecule has 1 N–H and O–H groups in total. The zero-order valence-electron chi connectivity index (χ0n) is 17.9. The van der Waals surface area contributed by atoms with Gasteiger partial charge in [-0.05, 0) is 50.8 Å². The molecule has 8 nitrogen and oxygen atoms in total. The second-order valence-electron chi connectivity index (χ2n) is 8.48. The number of amides is 4. The number of carbonyl (C=O) groups excluding carboxylic acids is 4. The summed E-state index contributed by atoms with van der Waals surface area (Å²) in [5.74, 6) is -0.866. The Bertz CT molecular complexity index is 885. The van der Waals surface area contributed by atoms with Gasteiger partial charge in [-0.2, -0.15) is 0 Å². The molecule has 1 saturated carbocycles. The van der Waals surface area contributed by atoms with E-state index in [-0.39, 0.29) is 35.8 Å². The minimum atomic E-state index is -0.275. The number of nitrogens with zero attached hydrogens (tertiary/aromatic N) is 2. The van der Waals surface area contributed by atoms with Gasteiger partial charge in [-0.1, -0.05) is 19.3 Å². The highest BCUT2D eigenvalue weighted by atomic mass is 16.5. The lowest BCUT2D eigenvalue weighted by Crippen LogP contribution is -2.42. The Morgan fingerprint density at radius 2 is 1.68 bits per heavy atom. The third-order valence-electron chi connectivity index (χ3n) is 6.51. The van der Waals surface area contributed by atoms with Crippen molar-refractivity contribution in [2.45, 2.75) is 57.9 Å². The number of imide groups is 1. The SMILES string of the molecule is CCOC(=O)C1CCN(C(=O)Nc2ccc3c(c2)C(=O)N(C2CCCCC2)C3=O)CC1. The Labute approximate surface area is 181 Å². The molecule has 3 aliphatic rings. The molecule has 8 heteroatoms. The smallest absolute Gasteiger partial charge is 0.321 e. The number of esters is 1. The van der Waals surface area contributed by atoms with Gasteiger partial charge >= 0.3 is 12.0 Å². The summed E-state index contributed by atoms with van der Waals surface area (Å²) in [4.78, 5) is 53.3. The van der Waals surface area contributed by atoms with E-state index in [1.165, 1.54) is 4.90 Å². The summed E-state index contributed by atoms with van der Waals surface area (Å²) < 4.78 is 5.07. The fourth-order valence-electron chi connectivity index (χ4n) is 4.79. The van der Waals surface area contributed by atoms with Crippen LogP contribution in [0.3, 0.4) is 0 Å². The summed E-state index contributed by atoms with van der Waals surface area (Å²) >= 11 is 0. The van der Waals surface area contributed by atoms with Crippen LogP contribution < -0.4 is 5.32 Å². The average molecular weight is 428 g/mol. The highest BCUT2D eigenvalue weighted by Gasteiger charge is 2.40. The van der Waals surface area contributed by atoms with Crippen LogP contribution in [0.25, 0.3) is 0 Å². The number of fused-ring (bicyclic) bond motifs is 1. The number of hydrogen-bond donors (Lipinski definition) is 1. The molecule has 0 unspecified atom stereocenters. The van der Waals surface area contributed by atoms with Gasteiger partial charge in [0.15, 0.2) is 0 Å². The summed E-state index contributed by atoms with van der Waals surface area (Å²) in [6.45, 7) is 3.07. The highest BCUT2D eigenvalue weighted by molar-refractivity contribution is 6.22. The molecule has 0 bridgehead atoms. The fourth-order valence-corrected chi connectivity index (χ4v) is 4.79. The number of likely N-dealkylation sites (tertiary alicyclic amines) is 1. The van der Waals surface area contributed by atoms with Gasteiger partial charge in [0.05, 0.1) is 23.7 Å². The van der Waals surface area contributed by atoms with Crippen LogP contribution in [0.2, 0.25) is 0 Å². The molecule has 1 saturated heterocycles. The number of rotatable bonds is 4. The number of nitrogens with one attached hydrogen (secondary N) is 1. The molecule has 1 aliphatic carbocycles. The minimum absolute atomic E-state index is 0.0279. The summed E-state index contributed by atoms with van der Waals surface area (Å²) in [5.41, 5.74) is 1.25. The van der Waals surface area contributed by atoms with E-state index in [4.69, 9.17) is 4.74 Å². The molecule has 0 aromatic heterocycles. The Hall–Kier alpha value is -2.90. The maximum Gasteiger partial charge on any atom is 0.321 e. The molecule has 0 spiro atoms. The lowest BCUT2D eigenvalue weighted by Gasteiger charge is -2.30. The first-order valence-corrected chi connectivity index (χ1v) is 11.2. The van der Waals surface area contributed by atoms with Crippen molar-refractivity contribution in [2.24, 2.45) is 5.92 Å². The molecule has 1 aromatic carbocycles. The van der Waals surface area contributed by atoms with Gasteiger partial charge in [0.1, 0.15) is 0 Å². The van der Waals surface area contributed by atoms with Crippen LogP contribution in [0.5, 0.6) is 0 Å². The van der Waals surface area contributed by atoms with Gasteiger partial charge in [-0.3, -0.25) is 19.3 Å². The Morgan fingerprint density at radius 3 is 2.35 bits per heavy atom. The van der Waals surface area contributed by atoms with E-state index < -0.39 is 0 Å². The lowest BCUT2D eigenvalue weighted by atomic mass is 9.94. The molecule has 4 amide bonds. The Kier molecular flexibility index (Phi) is 6.25. The maximum atomic E-state index is 12.9. The number of ether oxygens (including phenoxy) is 1. The summed E-state index contributed by atoms with van der Waals surface area (Å²) in [6.07, 6.45) is 6.07.